The molecule has 1 aliphatic rings. The maximum Gasteiger partial charge on any atom is 0.194 e. The van der Waals surface area contributed by atoms with Gasteiger partial charge < -0.3 is 0 Å². The van der Waals surface area contributed by atoms with E-state index in [4.69, 9.17) is 0 Å². The van der Waals surface area contributed by atoms with Gasteiger partial charge >= 0.3 is 0 Å². The third-order valence-corrected chi connectivity index (χ3v) is 3.70. The van der Waals surface area contributed by atoms with Crippen LogP contribution in [-0.4, -0.2) is 17.1 Å². The Kier molecular flexibility index (Phi) is 4.47. The highest BCUT2D eigenvalue weighted by Crippen LogP contribution is 2.21. The fourth-order valence-corrected chi connectivity index (χ4v) is 2.63. The number of benzene rings is 1. The van der Waals surface area contributed by atoms with Gasteiger partial charge in [-0.2, -0.15) is 0 Å². The van der Waals surface area contributed by atoms with Crippen molar-refractivity contribution < 1.29 is 13.2 Å². The van der Waals surface area contributed by atoms with Gasteiger partial charge in [0.25, 0.3) is 0 Å². The van der Waals surface area contributed by atoms with Crippen LogP contribution in [-0.2, 0) is 6.54 Å². The molecule has 1 aromatic carbocycles. The Balaban J connectivity index is 2.02. The second-order valence-electron chi connectivity index (χ2n) is 5.24. The summed E-state index contributed by atoms with van der Waals surface area (Å²) in [6.07, 6.45) is 3.40. The molecule has 2 rings (SSSR count). The number of nitrogens with one attached hydrogen (secondary N) is 1. The Hall–Kier alpha value is -1.07. The van der Waals surface area contributed by atoms with Crippen LogP contribution in [0.3, 0.4) is 0 Å². The Morgan fingerprint density at radius 2 is 1.63 bits per heavy atom. The van der Waals surface area contributed by atoms with Crippen molar-refractivity contribution in [1.82, 2.24) is 10.4 Å². The first-order valence-electron chi connectivity index (χ1n) is 6.64. The van der Waals surface area contributed by atoms with E-state index in [-0.39, 0.29) is 0 Å². The van der Waals surface area contributed by atoms with Crippen molar-refractivity contribution in [3.8, 4) is 0 Å². The summed E-state index contributed by atoms with van der Waals surface area (Å²) < 4.78 is 39.1. The van der Waals surface area contributed by atoms with Crippen LogP contribution >= 0.6 is 0 Å². The average Bonchev–Trinajstić information content (AvgIpc) is 2.35. The SMILES string of the molecule is CC1CCCC(C)N1NCc1cc(F)c(F)c(F)c1. The third-order valence-electron chi connectivity index (χ3n) is 3.70. The summed E-state index contributed by atoms with van der Waals surface area (Å²) in [6, 6.07) is 2.84. The molecule has 0 radical (unpaired) electrons. The minimum absolute atomic E-state index is 0.294. The molecule has 0 bridgehead atoms. The van der Waals surface area contributed by atoms with Crippen LogP contribution in [0, 0.1) is 17.5 Å². The Morgan fingerprint density at radius 3 is 2.16 bits per heavy atom. The first kappa shape index (κ1) is 14.3. The van der Waals surface area contributed by atoms with E-state index >= 15 is 0 Å². The molecule has 1 heterocycles. The highest BCUT2D eigenvalue weighted by Gasteiger charge is 2.24. The number of rotatable bonds is 3. The van der Waals surface area contributed by atoms with Gasteiger partial charge in [0.05, 0.1) is 0 Å². The summed E-state index contributed by atoms with van der Waals surface area (Å²) in [5.41, 5.74) is 3.59. The van der Waals surface area contributed by atoms with Gasteiger partial charge in [0.2, 0.25) is 0 Å². The number of nitrogens with zero attached hydrogens (tertiary/aromatic N) is 1. The van der Waals surface area contributed by atoms with Crippen LogP contribution in [0.2, 0.25) is 0 Å². The van der Waals surface area contributed by atoms with Gasteiger partial charge in [0.1, 0.15) is 0 Å². The normalized spacial score (nSPS) is 24.7. The quantitative estimate of drug-likeness (QED) is 0.849. The number of piperidine rings is 1. The van der Waals surface area contributed by atoms with Crippen LogP contribution in [0.25, 0.3) is 0 Å². The molecule has 1 aliphatic heterocycles. The first-order chi connectivity index (χ1) is 8.99. The second kappa shape index (κ2) is 5.92. The summed E-state index contributed by atoms with van der Waals surface area (Å²) in [7, 11) is 0. The van der Waals surface area contributed by atoms with Gasteiger partial charge in [-0.25, -0.2) is 18.2 Å². The zero-order valence-corrected chi connectivity index (χ0v) is 11.2. The maximum absolute atomic E-state index is 13.1. The summed E-state index contributed by atoms with van der Waals surface area (Å²) >= 11 is 0. The minimum atomic E-state index is -1.41. The lowest BCUT2D eigenvalue weighted by Crippen LogP contribution is -2.51. The Labute approximate surface area is 111 Å². The lowest BCUT2D eigenvalue weighted by molar-refractivity contribution is 0.0435. The summed E-state index contributed by atoms with van der Waals surface area (Å²) in [5, 5.41) is 2.11. The van der Waals surface area contributed by atoms with E-state index in [1.807, 2.05) is 0 Å². The molecule has 0 saturated carbocycles. The predicted octanol–water partition coefficient (Wildman–Crippen LogP) is 3.37. The molecular formula is C14H19F3N2. The Bertz CT molecular complexity index is 417. The molecule has 0 aromatic heterocycles. The lowest BCUT2D eigenvalue weighted by Gasteiger charge is -2.39. The zero-order valence-electron chi connectivity index (χ0n) is 11.2. The summed E-state index contributed by atoms with van der Waals surface area (Å²) in [4.78, 5) is 0. The number of hydrogen-bond acceptors (Lipinski definition) is 2. The molecule has 2 unspecified atom stereocenters. The van der Waals surface area contributed by atoms with Crippen LogP contribution < -0.4 is 5.43 Å². The first-order valence-corrected chi connectivity index (χ1v) is 6.64. The van der Waals surface area contributed by atoms with Gasteiger partial charge in [-0.15, -0.1) is 0 Å². The minimum Gasteiger partial charge on any atom is -0.250 e. The zero-order chi connectivity index (χ0) is 14.0. The van der Waals surface area contributed by atoms with E-state index in [1.165, 1.54) is 6.42 Å². The van der Waals surface area contributed by atoms with Crippen molar-refractivity contribution >= 4 is 0 Å². The van der Waals surface area contributed by atoms with Crippen molar-refractivity contribution in [3.63, 3.8) is 0 Å². The van der Waals surface area contributed by atoms with Crippen LogP contribution in [0.4, 0.5) is 13.2 Å². The second-order valence-corrected chi connectivity index (χ2v) is 5.24. The van der Waals surface area contributed by atoms with Crippen molar-refractivity contribution in [2.75, 3.05) is 0 Å². The summed E-state index contributed by atoms with van der Waals surface area (Å²) in [5.74, 6) is -3.70. The molecule has 0 amide bonds. The van der Waals surface area contributed by atoms with E-state index in [9.17, 15) is 13.2 Å². The largest absolute Gasteiger partial charge is 0.250 e. The van der Waals surface area contributed by atoms with Crippen LogP contribution in [0.5, 0.6) is 0 Å². The molecule has 1 N–H and O–H groups in total. The molecule has 106 valence electrons. The van der Waals surface area contributed by atoms with Crippen molar-refractivity contribution in [3.05, 3.63) is 35.1 Å². The molecule has 2 nitrogen and oxygen atoms in total. The molecule has 19 heavy (non-hydrogen) atoms. The number of hydrazine groups is 1. The smallest absolute Gasteiger partial charge is 0.194 e. The van der Waals surface area contributed by atoms with Crippen LogP contribution in [0.1, 0.15) is 38.7 Å². The molecule has 5 heteroatoms. The number of hydrogen-bond donors (Lipinski definition) is 1. The number of halogens is 3. The monoisotopic (exact) mass is 272 g/mol. The van der Waals surface area contributed by atoms with Gasteiger partial charge in [-0.1, -0.05) is 6.42 Å². The van der Waals surface area contributed by atoms with Crippen LogP contribution in [0.15, 0.2) is 12.1 Å². The fourth-order valence-electron chi connectivity index (χ4n) is 2.63. The standard InChI is InChI=1S/C14H19F3N2/c1-9-4-3-5-10(2)19(9)18-8-11-6-12(15)14(17)13(16)7-11/h6-7,9-10,18H,3-5,8H2,1-2H3. The van der Waals surface area contributed by atoms with Gasteiger partial charge in [-0.3, -0.25) is 5.43 Å². The van der Waals surface area contributed by atoms with Crippen molar-refractivity contribution in [2.45, 2.75) is 51.7 Å². The molecule has 2 atom stereocenters. The highest BCUT2D eigenvalue weighted by molar-refractivity contribution is 5.19. The molecule has 0 aliphatic carbocycles. The maximum atomic E-state index is 13.1. The van der Waals surface area contributed by atoms with E-state index < -0.39 is 17.5 Å². The van der Waals surface area contributed by atoms with E-state index in [0.29, 0.717) is 24.2 Å². The highest BCUT2D eigenvalue weighted by atomic mass is 19.2. The molecule has 0 spiro atoms. The van der Waals surface area contributed by atoms with E-state index in [0.717, 1.165) is 25.0 Å². The van der Waals surface area contributed by atoms with E-state index in [1.54, 1.807) is 0 Å². The van der Waals surface area contributed by atoms with Gasteiger partial charge in [0, 0.05) is 18.6 Å². The van der Waals surface area contributed by atoms with Gasteiger partial charge in [0.15, 0.2) is 17.5 Å². The van der Waals surface area contributed by atoms with E-state index in [2.05, 4.69) is 24.3 Å². The average molecular weight is 272 g/mol. The van der Waals surface area contributed by atoms with Crippen molar-refractivity contribution in [1.29, 1.82) is 0 Å². The molecule has 1 aromatic rings. The fraction of sp³-hybridized carbons (Fsp3) is 0.571. The lowest BCUT2D eigenvalue weighted by atomic mass is 10.00. The van der Waals surface area contributed by atoms with Crippen molar-refractivity contribution in [2.24, 2.45) is 0 Å². The predicted molar refractivity (Wildman–Crippen MR) is 67.8 cm³/mol. The Morgan fingerprint density at radius 1 is 1.11 bits per heavy atom. The molecule has 1 fully saturated rings. The third kappa shape index (κ3) is 3.28. The molecular weight excluding hydrogens is 253 g/mol. The topological polar surface area (TPSA) is 15.3 Å². The molecule has 1 saturated heterocycles. The summed E-state index contributed by atoms with van der Waals surface area (Å²) in [6.45, 7) is 4.53. The van der Waals surface area contributed by atoms with Gasteiger partial charge in [-0.05, 0) is 44.4 Å².